The van der Waals surface area contributed by atoms with Crippen LogP contribution in [0.1, 0.15) is 32.8 Å². The lowest BCUT2D eigenvalue weighted by Gasteiger charge is -2.41. The van der Waals surface area contributed by atoms with Gasteiger partial charge in [-0.05, 0) is 43.3 Å². The van der Waals surface area contributed by atoms with Gasteiger partial charge in [-0.15, -0.1) is 0 Å². The molecule has 0 saturated carbocycles. The molecule has 3 rings (SSSR count). The molecule has 1 atom stereocenters. The molecule has 1 unspecified atom stereocenters. The van der Waals surface area contributed by atoms with Gasteiger partial charge >= 0.3 is 5.97 Å². The fourth-order valence-electron chi connectivity index (χ4n) is 4.12. The van der Waals surface area contributed by atoms with Gasteiger partial charge in [0.15, 0.2) is 0 Å². The number of nitrogens with zero attached hydrogens (tertiary/aromatic N) is 2. The topological polar surface area (TPSA) is 113 Å². The largest absolute Gasteiger partial charge is 0.494 e. The van der Waals surface area contributed by atoms with Crippen LogP contribution in [0.5, 0.6) is 5.75 Å². The maximum atomic E-state index is 13.3. The number of piperazine rings is 1. The summed E-state index contributed by atoms with van der Waals surface area (Å²) in [5.74, 6) is 4.72. The highest BCUT2D eigenvalue weighted by Crippen LogP contribution is 2.35. The quantitative estimate of drug-likeness (QED) is 0.496. The van der Waals surface area contributed by atoms with Crippen molar-refractivity contribution in [1.29, 1.82) is 0 Å². The van der Waals surface area contributed by atoms with Crippen LogP contribution in [0, 0.1) is 17.3 Å². The molecule has 1 aliphatic rings. The number of rotatable bonds is 9. The van der Waals surface area contributed by atoms with Gasteiger partial charge in [0.05, 0.1) is 12.4 Å². The number of anilines is 1. The zero-order valence-corrected chi connectivity index (χ0v) is 21.9. The standard InChI is InChI=1S/C27H35N3O5S/c1-4-35-24-14-12-23(13-15-24)29-17-19-30(20-18-29)36(33,34)21-27(28,25(31)32)26(2,3)16-8-11-22-9-6-5-7-10-22/h5-7,9-10,12-15H,4,16-21,28H2,1-3H3,(H,31,32). The van der Waals surface area contributed by atoms with Gasteiger partial charge < -0.3 is 20.5 Å². The molecule has 3 N–H and O–H groups in total. The summed E-state index contributed by atoms with van der Waals surface area (Å²) in [5.41, 5.74) is 5.02. The van der Waals surface area contributed by atoms with Crippen LogP contribution in [0.3, 0.4) is 0 Å². The summed E-state index contributed by atoms with van der Waals surface area (Å²) in [6, 6.07) is 17.0. The van der Waals surface area contributed by atoms with Crippen molar-refractivity contribution in [2.45, 2.75) is 32.7 Å². The first-order chi connectivity index (χ1) is 17.0. The van der Waals surface area contributed by atoms with E-state index in [0.717, 1.165) is 17.0 Å². The maximum Gasteiger partial charge on any atom is 0.325 e. The monoisotopic (exact) mass is 513 g/mol. The Kier molecular flexibility index (Phi) is 8.67. The molecule has 8 nitrogen and oxygen atoms in total. The Balaban J connectivity index is 1.68. The van der Waals surface area contributed by atoms with Crippen molar-refractivity contribution in [3.8, 4) is 17.6 Å². The normalized spacial score (nSPS) is 16.5. The minimum Gasteiger partial charge on any atom is -0.494 e. The highest BCUT2D eigenvalue weighted by molar-refractivity contribution is 7.89. The van der Waals surface area contributed by atoms with E-state index in [1.807, 2.05) is 61.5 Å². The van der Waals surface area contributed by atoms with Crippen molar-refractivity contribution < 1.29 is 23.1 Å². The molecule has 1 heterocycles. The predicted octanol–water partition coefficient (Wildman–Crippen LogP) is 2.79. The maximum absolute atomic E-state index is 13.3. The number of ether oxygens (including phenoxy) is 1. The SMILES string of the molecule is CCOc1ccc(N2CCN(S(=O)(=O)CC(N)(C(=O)O)C(C)(C)CC#Cc3ccccc3)CC2)cc1. The number of carboxylic acid groups (broad SMARTS) is 1. The smallest absolute Gasteiger partial charge is 0.325 e. The van der Waals surface area contributed by atoms with Crippen LogP contribution in [0.15, 0.2) is 54.6 Å². The molecule has 0 radical (unpaired) electrons. The summed E-state index contributed by atoms with van der Waals surface area (Å²) in [6.45, 7) is 7.30. The second kappa shape index (κ2) is 11.3. The lowest BCUT2D eigenvalue weighted by molar-refractivity contribution is -0.146. The van der Waals surface area contributed by atoms with Crippen LogP contribution in [-0.2, 0) is 14.8 Å². The summed E-state index contributed by atoms with van der Waals surface area (Å²) >= 11 is 0. The van der Waals surface area contributed by atoms with E-state index in [2.05, 4.69) is 16.7 Å². The zero-order chi connectivity index (χ0) is 26.4. The van der Waals surface area contributed by atoms with E-state index in [-0.39, 0.29) is 19.5 Å². The molecular formula is C27H35N3O5S. The highest BCUT2D eigenvalue weighted by atomic mass is 32.2. The third-order valence-corrected chi connectivity index (χ3v) is 8.65. The first-order valence-electron chi connectivity index (χ1n) is 12.0. The van der Waals surface area contributed by atoms with Crippen molar-refractivity contribution in [2.75, 3.05) is 43.4 Å². The number of benzene rings is 2. The minimum atomic E-state index is -3.93. The summed E-state index contributed by atoms with van der Waals surface area (Å²) in [6.07, 6.45) is 0.131. The second-order valence-corrected chi connectivity index (χ2v) is 11.5. The number of carbonyl (C=O) groups is 1. The van der Waals surface area contributed by atoms with Gasteiger partial charge in [-0.3, -0.25) is 4.79 Å². The van der Waals surface area contributed by atoms with E-state index in [9.17, 15) is 18.3 Å². The molecule has 0 spiro atoms. The van der Waals surface area contributed by atoms with Crippen LogP contribution in [0.2, 0.25) is 0 Å². The Labute approximate surface area is 214 Å². The van der Waals surface area contributed by atoms with E-state index in [0.29, 0.717) is 19.7 Å². The van der Waals surface area contributed by atoms with Gasteiger partial charge in [-0.2, -0.15) is 4.31 Å². The van der Waals surface area contributed by atoms with Gasteiger partial charge in [0.25, 0.3) is 0 Å². The number of nitrogens with two attached hydrogens (primary N) is 1. The molecular weight excluding hydrogens is 478 g/mol. The highest BCUT2D eigenvalue weighted by Gasteiger charge is 2.52. The van der Waals surface area contributed by atoms with Crippen LogP contribution < -0.4 is 15.4 Å². The van der Waals surface area contributed by atoms with Gasteiger partial charge in [-0.25, -0.2) is 8.42 Å². The summed E-state index contributed by atoms with van der Waals surface area (Å²) < 4.78 is 33.5. The van der Waals surface area contributed by atoms with Crippen molar-refractivity contribution in [3.63, 3.8) is 0 Å². The molecule has 2 aromatic rings. The van der Waals surface area contributed by atoms with Gasteiger partial charge in [0, 0.05) is 49.3 Å². The molecule has 0 aliphatic carbocycles. The Morgan fingerprint density at radius 1 is 1.06 bits per heavy atom. The number of aliphatic carboxylic acids is 1. The molecule has 1 saturated heterocycles. The molecule has 9 heteroatoms. The van der Waals surface area contributed by atoms with Gasteiger partial charge in [-0.1, -0.05) is 43.9 Å². The van der Waals surface area contributed by atoms with Crippen molar-refractivity contribution in [2.24, 2.45) is 11.1 Å². The second-order valence-electron chi connectivity index (χ2n) is 9.57. The molecule has 1 aliphatic heterocycles. The molecule has 0 amide bonds. The fourth-order valence-corrected chi connectivity index (χ4v) is 6.11. The van der Waals surface area contributed by atoms with Crippen molar-refractivity contribution >= 4 is 21.7 Å². The fraction of sp³-hybridized carbons (Fsp3) is 0.444. The third kappa shape index (κ3) is 6.38. The van der Waals surface area contributed by atoms with E-state index < -0.39 is 32.7 Å². The third-order valence-electron chi connectivity index (χ3n) is 6.68. The van der Waals surface area contributed by atoms with Crippen LogP contribution in [0.4, 0.5) is 5.69 Å². The van der Waals surface area contributed by atoms with Gasteiger partial charge in [0.2, 0.25) is 10.0 Å². The molecule has 36 heavy (non-hydrogen) atoms. The van der Waals surface area contributed by atoms with Crippen LogP contribution in [-0.4, -0.2) is 67.9 Å². The predicted molar refractivity (Wildman–Crippen MR) is 141 cm³/mol. The number of carboxylic acids is 1. The average Bonchev–Trinajstić information content (AvgIpc) is 2.85. The first-order valence-corrected chi connectivity index (χ1v) is 13.6. The molecule has 194 valence electrons. The number of hydrogen-bond acceptors (Lipinski definition) is 6. The molecule has 1 fully saturated rings. The van der Waals surface area contributed by atoms with Crippen molar-refractivity contribution in [1.82, 2.24) is 4.31 Å². The summed E-state index contributed by atoms with van der Waals surface area (Å²) in [7, 11) is -3.93. The lowest BCUT2D eigenvalue weighted by atomic mass is 9.71. The van der Waals surface area contributed by atoms with E-state index in [1.54, 1.807) is 13.8 Å². The minimum absolute atomic E-state index is 0.131. The Morgan fingerprint density at radius 2 is 1.67 bits per heavy atom. The van der Waals surface area contributed by atoms with Crippen molar-refractivity contribution in [3.05, 3.63) is 60.2 Å². The molecule has 2 aromatic carbocycles. The summed E-state index contributed by atoms with van der Waals surface area (Å²) in [5, 5.41) is 10.0. The van der Waals surface area contributed by atoms with E-state index >= 15 is 0 Å². The molecule has 0 bridgehead atoms. The van der Waals surface area contributed by atoms with E-state index in [4.69, 9.17) is 10.5 Å². The Bertz CT molecular complexity index is 1200. The van der Waals surface area contributed by atoms with Crippen LogP contribution in [0.25, 0.3) is 0 Å². The van der Waals surface area contributed by atoms with Crippen LogP contribution >= 0.6 is 0 Å². The summed E-state index contributed by atoms with van der Waals surface area (Å²) in [4.78, 5) is 14.4. The Hall–Kier alpha value is -3.06. The number of sulfonamides is 1. The molecule has 0 aromatic heterocycles. The first kappa shape index (κ1) is 27.5. The van der Waals surface area contributed by atoms with E-state index in [1.165, 1.54) is 4.31 Å². The van der Waals surface area contributed by atoms with Gasteiger partial charge in [0.1, 0.15) is 11.3 Å². The number of hydrogen-bond donors (Lipinski definition) is 2. The average molecular weight is 514 g/mol. The Morgan fingerprint density at radius 3 is 2.22 bits per heavy atom. The zero-order valence-electron chi connectivity index (χ0n) is 21.1. The lowest BCUT2D eigenvalue weighted by Crippen LogP contribution is -2.64.